The molecule has 1 fully saturated rings. The molecule has 0 radical (unpaired) electrons. The largest absolute Gasteiger partial charge is 0.419 e. The molecule has 0 bridgehead atoms. The highest BCUT2D eigenvalue weighted by Gasteiger charge is 2.21. The minimum atomic E-state index is -0.465. The van der Waals surface area contributed by atoms with E-state index in [9.17, 15) is 4.39 Å². The van der Waals surface area contributed by atoms with Gasteiger partial charge in [0.25, 0.3) is 5.89 Å². The average molecular weight is 268 g/mol. The standard InChI is InChI=1S/C12H11ClFN3O/c13-7-1-4-9(10(14)5-7)12-17-16-11(18-12)6-15-8-2-3-8/h1,4-5,8,15H,2-3,6H2. The number of halogens is 2. The van der Waals surface area contributed by atoms with E-state index in [1.165, 1.54) is 25.0 Å². The third kappa shape index (κ3) is 2.52. The first-order valence-electron chi connectivity index (χ1n) is 5.73. The van der Waals surface area contributed by atoms with E-state index in [-0.39, 0.29) is 11.5 Å². The quantitative estimate of drug-likeness (QED) is 0.925. The van der Waals surface area contributed by atoms with Gasteiger partial charge < -0.3 is 9.73 Å². The van der Waals surface area contributed by atoms with Gasteiger partial charge in [-0.15, -0.1) is 10.2 Å². The predicted molar refractivity (Wildman–Crippen MR) is 64.6 cm³/mol. The summed E-state index contributed by atoms with van der Waals surface area (Å²) >= 11 is 5.68. The van der Waals surface area contributed by atoms with E-state index in [1.807, 2.05) is 0 Å². The lowest BCUT2D eigenvalue weighted by molar-refractivity contribution is 0.474. The minimum absolute atomic E-state index is 0.178. The molecule has 18 heavy (non-hydrogen) atoms. The molecule has 2 aromatic rings. The third-order valence-corrected chi connectivity index (χ3v) is 2.98. The highest BCUT2D eigenvalue weighted by atomic mass is 35.5. The van der Waals surface area contributed by atoms with Crippen LogP contribution < -0.4 is 5.32 Å². The molecular weight excluding hydrogens is 257 g/mol. The summed E-state index contributed by atoms with van der Waals surface area (Å²) in [5.41, 5.74) is 0.268. The van der Waals surface area contributed by atoms with Gasteiger partial charge in [0.2, 0.25) is 5.89 Å². The monoisotopic (exact) mass is 267 g/mol. The summed E-state index contributed by atoms with van der Waals surface area (Å²) in [5, 5.41) is 11.3. The molecule has 6 heteroatoms. The first kappa shape index (κ1) is 11.6. The predicted octanol–water partition coefficient (Wildman–Crippen LogP) is 2.78. The van der Waals surface area contributed by atoms with Gasteiger partial charge in [0.15, 0.2) is 0 Å². The van der Waals surface area contributed by atoms with Gasteiger partial charge in [0.1, 0.15) is 5.82 Å². The van der Waals surface area contributed by atoms with E-state index >= 15 is 0 Å². The molecule has 0 atom stereocenters. The summed E-state index contributed by atoms with van der Waals surface area (Å²) < 4.78 is 19.0. The van der Waals surface area contributed by atoms with E-state index in [0.717, 1.165) is 0 Å². The Balaban J connectivity index is 1.78. The van der Waals surface area contributed by atoms with Crippen molar-refractivity contribution in [2.75, 3.05) is 0 Å². The van der Waals surface area contributed by atoms with Gasteiger partial charge in [0, 0.05) is 11.1 Å². The molecule has 0 saturated heterocycles. The number of aromatic nitrogens is 2. The number of rotatable bonds is 4. The van der Waals surface area contributed by atoms with E-state index in [1.54, 1.807) is 6.07 Å². The van der Waals surface area contributed by atoms with Gasteiger partial charge in [-0.3, -0.25) is 0 Å². The summed E-state index contributed by atoms with van der Waals surface area (Å²) in [4.78, 5) is 0. The van der Waals surface area contributed by atoms with Crippen LogP contribution in [0.1, 0.15) is 18.7 Å². The van der Waals surface area contributed by atoms with Crippen LogP contribution in [0.2, 0.25) is 5.02 Å². The van der Waals surface area contributed by atoms with Crippen molar-refractivity contribution in [2.24, 2.45) is 0 Å². The Morgan fingerprint density at radius 1 is 1.39 bits per heavy atom. The number of nitrogens with zero attached hydrogens (tertiary/aromatic N) is 2. The minimum Gasteiger partial charge on any atom is -0.419 e. The number of hydrogen-bond acceptors (Lipinski definition) is 4. The second kappa shape index (κ2) is 4.66. The fourth-order valence-electron chi connectivity index (χ4n) is 1.62. The highest BCUT2D eigenvalue weighted by molar-refractivity contribution is 6.30. The van der Waals surface area contributed by atoms with Crippen LogP contribution in [0.3, 0.4) is 0 Å². The van der Waals surface area contributed by atoms with Gasteiger partial charge in [-0.05, 0) is 31.0 Å². The fourth-order valence-corrected chi connectivity index (χ4v) is 1.77. The summed E-state index contributed by atoms with van der Waals surface area (Å²) in [6, 6.07) is 4.91. The van der Waals surface area contributed by atoms with Crippen LogP contribution >= 0.6 is 11.6 Å². The summed E-state index contributed by atoms with van der Waals surface area (Å²) in [6.45, 7) is 0.521. The van der Waals surface area contributed by atoms with Crippen molar-refractivity contribution in [3.05, 3.63) is 34.9 Å². The maximum absolute atomic E-state index is 13.6. The molecule has 1 saturated carbocycles. The summed E-state index contributed by atoms with van der Waals surface area (Å²) in [6.07, 6.45) is 2.37. The molecule has 0 spiro atoms. The maximum atomic E-state index is 13.6. The third-order valence-electron chi connectivity index (χ3n) is 2.75. The van der Waals surface area contributed by atoms with Crippen LogP contribution in [0.4, 0.5) is 4.39 Å². The Morgan fingerprint density at radius 3 is 2.94 bits per heavy atom. The van der Waals surface area contributed by atoms with Crippen LogP contribution in [0, 0.1) is 5.82 Å². The molecule has 0 amide bonds. The van der Waals surface area contributed by atoms with Crippen molar-refractivity contribution in [2.45, 2.75) is 25.4 Å². The molecular formula is C12H11ClFN3O. The Labute approximate surface area is 108 Å². The molecule has 1 aliphatic carbocycles. The lowest BCUT2D eigenvalue weighted by atomic mass is 10.2. The van der Waals surface area contributed by atoms with Gasteiger partial charge in [-0.1, -0.05) is 11.6 Å². The average Bonchev–Trinajstić information content (AvgIpc) is 3.05. The number of hydrogen-bond donors (Lipinski definition) is 1. The van der Waals surface area contributed by atoms with Crippen LogP contribution in [0.5, 0.6) is 0 Å². The van der Waals surface area contributed by atoms with Crippen molar-refractivity contribution < 1.29 is 8.81 Å². The molecule has 1 aromatic heterocycles. The molecule has 94 valence electrons. The molecule has 1 aromatic carbocycles. The fraction of sp³-hybridized carbons (Fsp3) is 0.333. The molecule has 4 nitrogen and oxygen atoms in total. The van der Waals surface area contributed by atoms with Crippen LogP contribution in [-0.4, -0.2) is 16.2 Å². The Hall–Kier alpha value is -1.46. The first-order valence-corrected chi connectivity index (χ1v) is 6.11. The van der Waals surface area contributed by atoms with Gasteiger partial charge in [0.05, 0.1) is 12.1 Å². The van der Waals surface area contributed by atoms with Crippen molar-refractivity contribution in [3.8, 4) is 11.5 Å². The second-order valence-electron chi connectivity index (χ2n) is 4.28. The Morgan fingerprint density at radius 2 is 2.22 bits per heavy atom. The smallest absolute Gasteiger partial charge is 0.250 e. The van der Waals surface area contributed by atoms with Gasteiger partial charge in [-0.25, -0.2) is 4.39 Å². The maximum Gasteiger partial charge on any atom is 0.250 e. The lowest BCUT2D eigenvalue weighted by Gasteiger charge is -1.98. The normalized spacial score (nSPS) is 15.0. The van der Waals surface area contributed by atoms with E-state index in [2.05, 4.69) is 15.5 Å². The van der Waals surface area contributed by atoms with Crippen molar-refractivity contribution in [1.82, 2.24) is 15.5 Å². The first-order chi connectivity index (χ1) is 8.72. The second-order valence-corrected chi connectivity index (χ2v) is 4.72. The topological polar surface area (TPSA) is 51.0 Å². The molecule has 1 heterocycles. The molecule has 0 aliphatic heterocycles. The van der Waals surface area contributed by atoms with Gasteiger partial charge >= 0.3 is 0 Å². The van der Waals surface area contributed by atoms with Crippen LogP contribution in [0.25, 0.3) is 11.5 Å². The SMILES string of the molecule is Fc1cc(Cl)ccc1-c1nnc(CNC2CC2)o1. The van der Waals surface area contributed by atoms with Crippen molar-refractivity contribution in [3.63, 3.8) is 0 Å². The van der Waals surface area contributed by atoms with Crippen molar-refractivity contribution >= 4 is 11.6 Å². The lowest BCUT2D eigenvalue weighted by Crippen LogP contribution is -2.15. The van der Waals surface area contributed by atoms with E-state index in [0.29, 0.717) is 23.5 Å². The van der Waals surface area contributed by atoms with E-state index < -0.39 is 5.82 Å². The Bertz CT molecular complexity index is 568. The van der Waals surface area contributed by atoms with E-state index in [4.69, 9.17) is 16.0 Å². The zero-order chi connectivity index (χ0) is 12.5. The Kier molecular flexibility index (Phi) is 3.01. The van der Waals surface area contributed by atoms with Crippen LogP contribution in [0.15, 0.2) is 22.6 Å². The zero-order valence-corrected chi connectivity index (χ0v) is 10.2. The number of benzene rings is 1. The summed E-state index contributed by atoms with van der Waals surface area (Å²) in [7, 11) is 0. The molecule has 1 N–H and O–H groups in total. The zero-order valence-electron chi connectivity index (χ0n) is 9.49. The van der Waals surface area contributed by atoms with Crippen molar-refractivity contribution in [1.29, 1.82) is 0 Å². The molecule has 1 aliphatic rings. The molecule has 3 rings (SSSR count). The van der Waals surface area contributed by atoms with Gasteiger partial charge in [-0.2, -0.15) is 0 Å². The highest BCUT2D eigenvalue weighted by Crippen LogP contribution is 2.24. The summed E-state index contributed by atoms with van der Waals surface area (Å²) in [5.74, 6) is 0.177. The van der Waals surface area contributed by atoms with Crippen LogP contribution in [-0.2, 0) is 6.54 Å². The molecule has 0 unspecified atom stereocenters. The number of nitrogens with one attached hydrogen (secondary N) is 1.